The maximum atomic E-state index is 9.63. The van der Waals surface area contributed by atoms with Crippen LogP contribution in [0.15, 0.2) is 55.1 Å². The van der Waals surface area contributed by atoms with Gasteiger partial charge in [0.2, 0.25) is 5.88 Å². The van der Waals surface area contributed by atoms with Crippen LogP contribution in [0.5, 0.6) is 5.88 Å². The molecule has 3 aliphatic heterocycles. The lowest BCUT2D eigenvalue weighted by Gasteiger charge is -2.56. The molecule has 1 N–H and O–H groups in total. The van der Waals surface area contributed by atoms with Gasteiger partial charge in [-0.1, -0.05) is 13.0 Å². The lowest BCUT2D eigenvalue weighted by molar-refractivity contribution is -0.00876. The highest BCUT2D eigenvalue weighted by Crippen LogP contribution is 2.36. The van der Waals surface area contributed by atoms with Gasteiger partial charge in [-0.25, -0.2) is 14.5 Å². The first-order valence-electron chi connectivity index (χ1n) is 12.8. The molecule has 9 heteroatoms. The van der Waals surface area contributed by atoms with Crippen molar-refractivity contribution in [3.63, 3.8) is 0 Å². The Morgan fingerprint density at radius 1 is 1.11 bits per heavy atom. The molecule has 3 saturated heterocycles. The minimum absolute atomic E-state index is 0.522. The Hall–Kier alpha value is -4.16. The largest absolute Gasteiger partial charge is 0.481 e. The van der Waals surface area contributed by atoms with Gasteiger partial charge in [0.1, 0.15) is 11.9 Å². The second kappa shape index (κ2) is 9.71. The van der Waals surface area contributed by atoms with Gasteiger partial charge in [0.15, 0.2) is 0 Å². The van der Waals surface area contributed by atoms with Gasteiger partial charge in [0, 0.05) is 67.8 Å². The molecule has 7 heterocycles. The third-order valence-electron chi connectivity index (χ3n) is 7.41. The van der Waals surface area contributed by atoms with Crippen LogP contribution in [0.4, 0.5) is 11.5 Å². The summed E-state index contributed by atoms with van der Waals surface area (Å²) in [5.74, 6) is 1.64. The fourth-order valence-electron chi connectivity index (χ4n) is 5.49. The van der Waals surface area contributed by atoms with Crippen LogP contribution in [0.2, 0.25) is 0 Å². The van der Waals surface area contributed by atoms with Crippen molar-refractivity contribution in [2.24, 2.45) is 0 Å². The zero-order chi connectivity index (χ0) is 25.4. The van der Waals surface area contributed by atoms with E-state index in [0.29, 0.717) is 23.5 Å². The first-order chi connectivity index (χ1) is 18.2. The Kier molecular flexibility index (Phi) is 6.10. The summed E-state index contributed by atoms with van der Waals surface area (Å²) in [6, 6.07) is 13.6. The van der Waals surface area contributed by atoms with Crippen LogP contribution in [0, 0.1) is 11.3 Å². The molecule has 0 aromatic carbocycles. The van der Waals surface area contributed by atoms with Gasteiger partial charge in [0.05, 0.1) is 36.3 Å². The summed E-state index contributed by atoms with van der Waals surface area (Å²) in [4.78, 5) is 14.2. The van der Waals surface area contributed by atoms with Crippen molar-refractivity contribution in [1.82, 2.24) is 24.5 Å². The molecule has 4 aromatic heterocycles. The molecule has 0 saturated carbocycles. The Labute approximate surface area is 216 Å². The van der Waals surface area contributed by atoms with Crippen LogP contribution in [0.1, 0.15) is 30.9 Å². The number of piperidine rings is 1. The number of nitriles is 1. The lowest BCUT2D eigenvalue weighted by atomic mass is 9.87. The van der Waals surface area contributed by atoms with Gasteiger partial charge in [-0.05, 0) is 36.6 Å². The first kappa shape index (κ1) is 23.3. The van der Waals surface area contributed by atoms with Crippen LogP contribution in [0.25, 0.3) is 16.6 Å². The number of piperazine rings is 1. The molecule has 0 aliphatic carbocycles. The highest BCUT2D eigenvalue weighted by Gasteiger charge is 2.44. The number of ether oxygens (including phenoxy) is 1. The highest BCUT2D eigenvalue weighted by atomic mass is 16.5. The van der Waals surface area contributed by atoms with Gasteiger partial charge in [-0.3, -0.25) is 4.90 Å². The molecular formula is C28H30N8O. The van der Waals surface area contributed by atoms with E-state index in [4.69, 9.17) is 9.72 Å². The molecule has 2 bridgehead atoms. The summed E-state index contributed by atoms with van der Waals surface area (Å²) in [5, 5.41) is 17.5. The Morgan fingerprint density at radius 3 is 2.65 bits per heavy atom. The number of pyridine rings is 3. The molecule has 37 heavy (non-hydrogen) atoms. The summed E-state index contributed by atoms with van der Waals surface area (Å²) in [7, 11) is 1.64. The average molecular weight is 495 g/mol. The van der Waals surface area contributed by atoms with Crippen molar-refractivity contribution in [3.05, 3.63) is 66.2 Å². The average Bonchev–Trinajstić information content (AvgIpc) is 3.38. The SMILES string of the molecule is CCCNc1cc(-c2ccc(N3CC4CC(C3)N4Cc3ccc(OC)nc3)nc2)c2c(C#N)cnn2c1. The molecule has 0 spiro atoms. The second-order valence-electron chi connectivity index (χ2n) is 9.77. The number of fused-ring (bicyclic) bond motifs is 3. The molecule has 2 atom stereocenters. The summed E-state index contributed by atoms with van der Waals surface area (Å²) in [5.41, 5.74) is 5.48. The van der Waals surface area contributed by atoms with Crippen LogP contribution in [-0.2, 0) is 6.54 Å². The summed E-state index contributed by atoms with van der Waals surface area (Å²) < 4.78 is 6.96. The maximum Gasteiger partial charge on any atom is 0.212 e. The molecule has 2 unspecified atom stereocenters. The van der Waals surface area contributed by atoms with E-state index in [9.17, 15) is 5.26 Å². The van der Waals surface area contributed by atoms with E-state index in [2.05, 4.69) is 62.5 Å². The molecule has 3 aliphatic rings. The normalized spacial score (nSPS) is 18.9. The molecule has 9 nitrogen and oxygen atoms in total. The zero-order valence-corrected chi connectivity index (χ0v) is 21.1. The van der Waals surface area contributed by atoms with E-state index in [-0.39, 0.29) is 0 Å². The molecule has 3 fully saturated rings. The minimum Gasteiger partial charge on any atom is -0.481 e. The monoisotopic (exact) mass is 494 g/mol. The van der Waals surface area contributed by atoms with Crippen molar-refractivity contribution in [2.75, 3.05) is 37.0 Å². The van der Waals surface area contributed by atoms with E-state index >= 15 is 0 Å². The Balaban J connectivity index is 1.19. The number of nitrogens with zero attached hydrogens (tertiary/aromatic N) is 7. The molecule has 0 amide bonds. The maximum absolute atomic E-state index is 9.63. The molecule has 0 radical (unpaired) electrons. The molecule has 4 aromatic rings. The Morgan fingerprint density at radius 2 is 1.97 bits per heavy atom. The fraction of sp³-hybridized carbons (Fsp3) is 0.357. The number of rotatable bonds is 8. The van der Waals surface area contributed by atoms with Gasteiger partial charge in [-0.15, -0.1) is 0 Å². The predicted octanol–water partition coefficient (Wildman–Crippen LogP) is 3.96. The number of anilines is 2. The number of hydrogen-bond donors (Lipinski definition) is 1. The standard InChI is InChI=1S/C28H30N8O/c1-3-8-30-22-9-25(28-21(11-29)14-33-36(28)16-22)20-5-6-26(31-13-20)34-17-23-10-24(18-34)35(23)15-19-4-7-27(37-2)32-12-19/h4-7,9,12-14,16,23-24,30H,3,8,10,15,17-18H2,1-2H3. The quantitative estimate of drug-likeness (QED) is 0.393. The van der Waals surface area contributed by atoms with Crippen LogP contribution < -0.4 is 15.0 Å². The third kappa shape index (κ3) is 4.34. The van der Waals surface area contributed by atoms with Crippen molar-refractivity contribution in [1.29, 1.82) is 5.26 Å². The number of nitrogens with one attached hydrogen (secondary N) is 1. The molecule has 188 valence electrons. The van der Waals surface area contributed by atoms with Gasteiger partial charge >= 0.3 is 0 Å². The number of aromatic nitrogens is 4. The summed E-state index contributed by atoms with van der Waals surface area (Å²) >= 11 is 0. The van der Waals surface area contributed by atoms with Crippen molar-refractivity contribution < 1.29 is 4.74 Å². The fourth-order valence-corrected chi connectivity index (χ4v) is 5.49. The molecular weight excluding hydrogens is 464 g/mol. The Bertz CT molecular complexity index is 1430. The van der Waals surface area contributed by atoms with Crippen molar-refractivity contribution in [2.45, 2.75) is 38.4 Å². The first-order valence-corrected chi connectivity index (χ1v) is 12.8. The third-order valence-corrected chi connectivity index (χ3v) is 7.41. The van der Waals surface area contributed by atoms with Gasteiger partial charge in [-0.2, -0.15) is 10.4 Å². The number of hydrogen-bond acceptors (Lipinski definition) is 8. The van der Waals surface area contributed by atoms with Gasteiger partial charge in [0.25, 0.3) is 0 Å². The lowest BCUT2D eigenvalue weighted by Crippen LogP contribution is -2.68. The topological polar surface area (TPSA) is 94.6 Å². The van der Waals surface area contributed by atoms with E-state index in [1.165, 1.54) is 12.0 Å². The van der Waals surface area contributed by atoms with Gasteiger partial charge < -0.3 is 15.0 Å². The van der Waals surface area contributed by atoms with E-state index < -0.39 is 0 Å². The van der Waals surface area contributed by atoms with E-state index in [0.717, 1.165) is 60.7 Å². The van der Waals surface area contributed by atoms with E-state index in [1.807, 2.05) is 24.7 Å². The van der Waals surface area contributed by atoms with Crippen molar-refractivity contribution >= 4 is 17.0 Å². The van der Waals surface area contributed by atoms with Crippen LogP contribution in [0.3, 0.4) is 0 Å². The van der Waals surface area contributed by atoms with Crippen LogP contribution in [-0.4, -0.2) is 63.3 Å². The summed E-state index contributed by atoms with van der Waals surface area (Å²) in [6.07, 6.45) is 9.64. The summed E-state index contributed by atoms with van der Waals surface area (Å²) in [6.45, 7) is 5.86. The minimum atomic E-state index is 0.522. The molecule has 7 rings (SSSR count). The number of methoxy groups -OCH3 is 1. The predicted molar refractivity (Wildman–Crippen MR) is 143 cm³/mol. The highest BCUT2D eigenvalue weighted by molar-refractivity contribution is 5.86. The zero-order valence-electron chi connectivity index (χ0n) is 21.1. The van der Waals surface area contributed by atoms with E-state index in [1.54, 1.807) is 17.8 Å². The smallest absolute Gasteiger partial charge is 0.212 e. The van der Waals surface area contributed by atoms with Crippen molar-refractivity contribution in [3.8, 4) is 23.1 Å². The van der Waals surface area contributed by atoms with Crippen LogP contribution >= 0.6 is 0 Å². The second-order valence-corrected chi connectivity index (χ2v) is 9.77.